The summed E-state index contributed by atoms with van der Waals surface area (Å²) in [6, 6.07) is 7.10. The van der Waals surface area contributed by atoms with E-state index in [4.69, 9.17) is 0 Å². The zero-order chi connectivity index (χ0) is 36.3. The van der Waals surface area contributed by atoms with Crippen LogP contribution in [0.2, 0.25) is 0 Å². The summed E-state index contributed by atoms with van der Waals surface area (Å²) in [4.78, 5) is 64.0. The molecule has 3 aliphatic rings. The van der Waals surface area contributed by atoms with E-state index in [1.54, 1.807) is 23.9 Å². The number of thiazole rings is 1. The highest BCUT2D eigenvalue weighted by molar-refractivity contribution is 7.16. The maximum Gasteiger partial charge on any atom is 0.329 e. The molecular weight excluding hydrogens is 695 g/mol. The number of anilines is 2. The Bertz CT molecular complexity index is 2250. The highest BCUT2D eigenvalue weighted by atomic mass is 32.1. The third-order valence-corrected chi connectivity index (χ3v) is 11.9. The first-order valence-corrected chi connectivity index (χ1v) is 18.3. The molecule has 3 fully saturated rings. The average molecular weight is 733 g/mol. The van der Waals surface area contributed by atoms with Gasteiger partial charge < -0.3 is 15.1 Å². The lowest BCUT2D eigenvalue weighted by Crippen LogP contribution is -2.46. The van der Waals surface area contributed by atoms with Gasteiger partial charge in [0, 0.05) is 57.5 Å². The summed E-state index contributed by atoms with van der Waals surface area (Å²) in [6.07, 6.45) is 5.75. The summed E-state index contributed by atoms with van der Waals surface area (Å²) in [5.74, 6) is -0.860. The van der Waals surface area contributed by atoms with Crippen molar-refractivity contribution >= 4 is 56.4 Å². The van der Waals surface area contributed by atoms with Crippen molar-refractivity contribution in [3.05, 3.63) is 69.6 Å². The molecule has 0 bridgehead atoms. The van der Waals surface area contributed by atoms with E-state index in [-0.39, 0.29) is 40.9 Å². The van der Waals surface area contributed by atoms with Gasteiger partial charge in [-0.25, -0.2) is 28.1 Å². The van der Waals surface area contributed by atoms with E-state index in [2.05, 4.69) is 42.5 Å². The van der Waals surface area contributed by atoms with Gasteiger partial charge in [-0.3, -0.25) is 28.8 Å². The minimum atomic E-state index is -2.82. The third-order valence-electron chi connectivity index (χ3n) is 10.8. The Kier molecular flexibility index (Phi) is 8.85. The van der Waals surface area contributed by atoms with E-state index in [9.17, 15) is 28.0 Å². The number of alkyl halides is 2. The molecule has 0 radical (unpaired) electrons. The second kappa shape index (κ2) is 13.5. The number of hydrogen-bond donors (Lipinski definition) is 2. The van der Waals surface area contributed by atoms with Gasteiger partial charge in [0.25, 0.3) is 12.3 Å². The summed E-state index contributed by atoms with van der Waals surface area (Å²) in [6.45, 7) is 2.49. The number of piperidine rings is 2. The number of aryl methyl sites for hydroxylation is 1. The number of para-hydroxylation sites is 1. The van der Waals surface area contributed by atoms with E-state index >= 15 is 0 Å². The Labute approximate surface area is 300 Å². The van der Waals surface area contributed by atoms with Gasteiger partial charge in [0.1, 0.15) is 22.3 Å². The Balaban J connectivity index is 0.878. The molecule has 5 aromatic rings. The van der Waals surface area contributed by atoms with Crippen LogP contribution >= 0.6 is 11.3 Å². The maximum absolute atomic E-state index is 14.0. The van der Waals surface area contributed by atoms with Crippen LogP contribution in [0.15, 0.2) is 47.7 Å². The molecule has 2 aliphatic heterocycles. The normalized spacial score (nSPS) is 21.3. The molecule has 17 heteroatoms. The summed E-state index contributed by atoms with van der Waals surface area (Å²) in [5.41, 5.74) is 2.24. The largest absolute Gasteiger partial charge is 0.370 e. The van der Waals surface area contributed by atoms with E-state index in [1.807, 2.05) is 18.2 Å². The Hall–Kier alpha value is -5.03. The summed E-state index contributed by atoms with van der Waals surface area (Å²) < 4.78 is 32.6. The average Bonchev–Trinajstić information content (AvgIpc) is 3.81. The number of hydrogen-bond acceptors (Lipinski definition) is 10. The van der Waals surface area contributed by atoms with Crippen LogP contribution in [0.4, 0.5) is 19.5 Å². The van der Waals surface area contributed by atoms with Gasteiger partial charge in [-0.05, 0) is 63.3 Å². The number of aromatic nitrogens is 6. The molecule has 14 nitrogen and oxygen atoms in total. The molecule has 1 aliphatic carbocycles. The van der Waals surface area contributed by atoms with Gasteiger partial charge in [-0.15, -0.1) is 11.3 Å². The third kappa shape index (κ3) is 6.04. The number of imidazole rings is 1. The number of halogens is 2. The zero-order valence-electron chi connectivity index (χ0n) is 28.7. The van der Waals surface area contributed by atoms with Crippen LogP contribution in [-0.4, -0.2) is 84.1 Å². The van der Waals surface area contributed by atoms with Crippen LogP contribution in [-0.2, 0) is 16.6 Å². The number of fused-ring (bicyclic) bond motifs is 2. The lowest BCUT2D eigenvalue weighted by Gasteiger charge is -2.42. The van der Waals surface area contributed by atoms with Crippen LogP contribution in [0.3, 0.4) is 0 Å². The lowest BCUT2D eigenvalue weighted by atomic mass is 9.75. The fourth-order valence-corrected chi connectivity index (χ4v) is 9.11. The first kappa shape index (κ1) is 34.1. The molecule has 1 unspecified atom stereocenters. The summed E-state index contributed by atoms with van der Waals surface area (Å²) >= 11 is 1.12. The summed E-state index contributed by atoms with van der Waals surface area (Å²) in [5, 5.41) is 9.78. The monoisotopic (exact) mass is 732 g/mol. The van der Waals surface area contributed by atoms with Crippen molar-refractivity contribution in [1.29, 1.82) is 0 Å². The molecule has 8 rings (SSSR count). The summed E-state index contributed by atoms with van der Waals surface area (Å²) in [7, 11) is 3.86. The number of rotatable bonds is 9. The minimum Gasteiger partial charge on any atom is -0.370 e. The first-order valence-electron chi connectivity index (χ1n) is 17.4. The first-order chi connectivity index (χ1) is 25.1. The van der Waals surface area contributed by atoms with Gasteiger partial charge in [-0.1, -0.05) is 6.07 Å². The number of benzene rings is 1. The lowest BCUT2D eigenvalue weighted by molar-refractivity contribution is -0.135. The number of carbonyl (C=O) groups is 3. The number of amides is 3. The molecule has 1 saturated carbocycles. The zero-order valence-corrected chi connectivity index (χ0v) is 29.5. The van der Waals surface area contributed by atoms with Crippen molar-refractivity contribution in [2.45, 2.75) is 63.0 Å². The second-order valence-electron chi connectivity index (χ2n) is 14.0. The van der Waals surface area contributed by atoms with Crippen molar-refractivity contribution in [3.8, 4) is 0 Å². The standard InChI is InChI=1S/C35H38F2N10O4S/c1-43(18-19-15-20(16-19)33-41-27(29(36)37)34(52-33)42-31(49)22-17-39-46-12-4-11-38-30(22)46)21-9-13-45(14-10-21)23-5-3-6-24-28(23)44(2)35(51)47(24)25-7-8-26(48)40-32(25)50/h3-6,11-12,17,19-21,25,29H,7-10,13-16,18H2,1-2H3,(H,42,49)(H,40,48,50). The van der Waals surface area contributed by atoms with Crippen molar-refractivity contribution in [2.24, 2.45) is 13.0 Å². The van der Waals surface area contributed by atoms with E-state index < -0.39 is 30.0 Å². The van der Waals surface area contributed by atoms with Crippen molar-refractivity contribution in [1.82, 2.24) is 38.9 Å². The van der Waals surface area contributed by atoms with Crippen LogP contribution in [0.25, 0.3) is 16.7 Å². The molecule has 6 heterocycles. The Morgan fingerprint density at radius 3 is 2.67 bits per heavy atom. The van der Waals surface area contributed by atoms with Gasteiger partial charge in [-0.2, -0.15) is 5.10 Å². The van der Waals surface area contributed by atoms with Crippen LogP contribution in [0.5, 0.6) is 0 Å². The molecule has 1 aromatic carbocycles. The molecular formula is C35H38F2N10O4S. The number of imide groups is 1. The van der Waals surface area contributed by atoms with Gasteiger partial charge in [0.15, 0.2) is 5.65 Å². The van der Waals surface area contributed by atoms with E-state index in [1.165, 1.54) is 21.5 Å². The number of nitrogens with zero attached hydrogens (tertiary/aromatic N) is 8. The molecule has 1 atom stereocenters. The second-order valence-corrected chi connectivity index (χ2v) is 15.0. The fraction of sp³-hybridized carbons (Fsp3) is 0.457. The van der Waals surface area contributed by atoms with E-state index in [0.717, 1.165) is 67.9 Å². The molecule has 2 N–H and O–H groups in total. The van der Waals surface area contributed by atoms with Crippen LogP contribution in [0.1, 0.15) is 78.0 Å². The predicted molar refractivity (Wildman–Crippen MR) is 190 cm³/mol. The van der Waals surface area contributed by atoms with Crippen LogP contribution in [0, 0.1) is 5.92 Å². The van der Waals surface area contributed by atoms with Gasteiger partial charge in [0.2, 0.25) is 11.8 Å². The Morgan fingerprint density at radius 2 is 1.92 bits per heavy atom. The molecule has 52 heavy (non-hydrogen) atoms. The predicted octanol–water partition coefficient (Wildman–Crippen LogP) is 4.10. The fourth-order valence-electron chi connectivity index (χ4n) is 8.01. The molecule has 4 aromatic heterocycles. The highest BCUT2D eigenvalue weighted by Crippen LogP contribution is 2.46. The van der Waals surface area contributed by atoms with Crippen molar-refractivity contribution in [3.63, 3.8) is 0 Å². The van der Waals surface area contributed by atoms with Crippen molar-refractivity contribution in [2.75, 3.05) is 36.9 Å². The highest BCUT2D eigenvalue weighted by Gasteiger charge is 2.37. The Morgan fingerprint density at radius 1 is 1.13 bits per heavy atom. The smallest absolute Gasteiger partial charge is 0.329 e. The minimum absolute atomic E-state index is 0.0564. The maximum atomic E-state index is 14.0. The SMILES string of the molecule is CN(CC1CC(c2nc(C(F)F)c(NC(=O)c3cnn4cccnc34)s2)C1)C1CCN(c2cccc3c2n(C)c(=O)n3C2CCC(=O)NC2=O)CC1. The molecule has 0 spiro atoms. The van der Waals surface area contributed by atoms with Gasteiger partial charge in [0.05, 0.1) is 27.9 Å². The quantitative estimate of drug-likeness (QED) is 0.214. The number of nitrogens with one attached hydrogen (secondary N) is 2. The topological polar surface area (TPSA) is 152 Å². The van der Waals surface area contributed by atoms with Gasteiger partial charge >= 0.3 is 5.69 Å². The molecule has 272 valence electrons. The molecule has 3 amide bonds. The van der Waals surface area contributed by atoms with Crippen molar-refractivity contribution < 1.29 is 23.2 Å². The van der Waals surface area contributed by atoms with Crippen LogP contribution < -0.4 is 21.2 Å². The molecule has 2 saturated heterocycles. The van der Waals surface area contributed by atoms with E-state index in [0.29, 0.717) is 28.1 Å². The number of carbonyl (C=O) groups excluding carboxylic acids is 3.